The molecule has 2 saturated heterocycles. The maximum absolute atomic E-state index is 13.1. The van der Waals surface area contributed by atoms with Crippen molar-refractivity contribution in [3.63, 3.8) is 0 Å². The van der Waals surface area contributed by atoms with E-state index in [-0.39, 0.29) is 11.8 Å². The van der Waals surface area contributed by atoms with Crippen LogP contribution in [-0.4, -0.2) is 67.4 Å². The molecule has 0 aromatic heterocycles. The van der Waals surface area contributed by atoms with E-state index >= 15 is 0 Å². The highest BCUT2D eigenvalue weighted by Crippen LogP contribution is 2.33. The van der Waals surface area contributed by atoms with Crippen LogP contribution in [0, 0.1) is 0 Å². The van der Waals surface area contributed by atoms with Crippen LogP contribution < -0.4 is 10.2 Å². The molecule has 2 aliphatic rings. The molecule has 0 unspecified atom stereocenters. The highest BCUT2D eigenvalue weighted by atomic mass is 35.5. The van der Waals surface area contributed by atoms with E-state index in [1.165, 1.54) is 17.7 Å². The van der Waals surface area contributed by atoms with Crippen molar-refractivity contribution in [3.8, 4) is 0 Å². The summed E-state index contributed by atoms with van der Waals surface area (Å²) in [5.41, 5.74) is 2.46. The van der Waals surface area contributed by atoms with Gasteiger partial charge < -0.3 is 15.1 Å². The van der Waals surface area contributed by atoms with Gasteiger partial charge in [-0.25, -0.2) is 4.79 Å². The monoisotopic (exact) mass is 632 g/mol. The molecule has 43 heavy (non-hydrogen) atoms. The lowest BCUT2D eigenvalue weighted by Crippen LogP contribution is -2.48. The van der Waals surface area contributed by atoms with Crippen molar-refractivity contribution in [1.29, 1.82) is 0 Å². The largest absolute Gasteiger partial charge is 0.416 e. The summed E-state index contributed by atoms with van der Waals surface area (Å²) in [5, 5.41) is 3.61. The van der Waals surface area contributed by atoms with E-state index in [1.807, 2.05) is 17.0 Å². The van der Waals surface area contributed by atoms with Crippen LogP contribution in [0.25, 0.3) is 0 Å². The minimum Gasteiger partial charge on any atom is -0.369 e. The smallest absolute Gasteiger partial charge is 0.369 e. The van der Waals surface area contributed by atoms with Crippen molar-refractivity contribution in [2.45, 2.75) is 31.4 Å². The summed E-state index contributed by atoms with van der Waals surface area (Å²) in [7, 11) is 0. The van der Waals surface area contributed by atoms with Gasteiger partial charge in [0.05, 0.1) is 27.8 Å². The summed E-state index contributed by atoms with van der Waals surface area (Å²) in [4.78, 5) is 31.3. The molecule has 2 fully saturated rings. The molecule has 3 aromatic carbocycles. The van der Waals surface area contributed by atoms with Crippen LogP contribution in [0.3, 0.4) is 0 Å². The number of hydrogen-bond acceptors (Lipinski definition) is 4. The predicted octanol–water partition coefficient (Wildman–Crippen LogP) is 7.36. The number of piperidine rings is 1. The van der Waals surface area contributed by atoms with Gasteiger partial charge in [0.2, 0.25) is 0 Å². The summed E-state index contributed by atoms with van der Waals surface area (Å²) >= 11 is 12.4. The number of anilines is 2. The first kappa shape index (κ1) is 31.2. The quantitative estimate of drug-likeness (QED) is 0.296. The topological polar surface area (TPSA) is 55.9 Å². The van der Waals surface area contributed by atoms with Crippen LogP contribution in [-0.2, 0) is 17.4 Å². The van der Waals surface area contributed by atoms with Gasteiger partial charge in [0.15, 0.2) is 5.78 Å². The van der Waals surface area contributed by atoms with Gasteiger partial charge in [-0.3, -0.25) is 9.69 Å². The number of Topliss-reactive ketones (excluding diaryl/α,β-unsaturated/α-hetero) is 1. The van der Waals surface area contributed by atoms with E-state index in [4.69, 9.17) is 23.2 Å². The van der Waals surface area contributed by atoms with Gasteiger partial charge in [0, 0.05) is 51.4 Å². The van der Waals surface area contributed by atoms with Crippen molar-refractivity contribution in [3.05, 3.63) is 93.5 Å². The summed E-state index contributed by atoms with van der Waals surface area (Å²) in [6.07, 6.45) is -2.38. The lowest BCUT2D eigenvalue weighted by atomic mass is 9.89. The average Bonchev–Trinajstić information content (AvgIpc) is 2.99. The molecule has 0 saturated carbocycles. The first-order chi connectivity index (χ1) is 20.6. The number of piperazine rings is 1. The van der Waals surface area contributed by atoms with E-state index in [1.54, 1.807) is 29.2 Å². The lowest BCUT2D eigenvalue weighted by molar-refractivity contribution is -0.137. The number of nitrogens with zero attached hydrogens (tertiary/aromatic N) is 3. The molecule has 6 nitrogen and oxygen atoms in total. The van der Waals surface area contributed by atoms with Crippen LogP contribution in [0.15, 0.2) is 66.7 Å². The fourth-order valence-corrected chi connectivity index (χ4v) is 6.19. The van der Waals surface area contributed by atoms with Gasteiger partial charge in [-0.05, 0) is 60.2 Å². The van der Waals surface area contributed by atoms with E-state index in [0.717, 1.165) is 24.5 Å². The van der Waals surface area contributed by atoms with E-state index in [2.05, 4.69) is 22.3 Å². The van der Waals surface area contributed by atoms with Gasteiger partial charge in [0.1, 0.15) is 0 Å². The standard InChI is InChI=1S/C32H33Cl2F3N4O2/c33-28-5-2-6-29(34)30(28)38-31(43)41-13-11-24(12-14-41)23-9-7-22(8-10-23)19-27(42)21-39-15-17-40(18-16-39)26-4-1-3-25(20-26)32(35,36)37/h1-10,20,24H,11-19,21H2,(H,38,43). The molecule has 2 heterocycles. The Balaban J connectivity index is 1.05. The number of likely N-dealkylation sites (tertiary alicyclic amines) is 1. The number of ketones is 1. The molecular formula is C32H33Cl2F3N4O2. The zero-order valence-electron chi connectivity index (χ0n) is 23.5. The number of para-hydroxylation sites is 1. The Morgan fingerprint density at radius 1 is 0.837 bits per heavy atom. The molecule has 0 bridgehead atoms. The molecule has 228 valence electrons. The molecule has 0 aliphatic carbocycles. The molecule has 5 rings (SSSR count). The molecule has 11 heteroatoms. The number of rotatable bonds is 7. The zero-order valence-corrected chi connectivity index (χ0v) is 25.1. The van der Waals surface area contributed by atoms with Crippen LogP contribution in [0.1, 0.15) is 35.4 Å². The Morgan fingerprint density at radius 3 is 2.09 bits per heavy atom. The zero-order chi connectivity index (χ0) is 30.6. The van der Waals surface area contributed by atoms with Crippen molar-refractivity contribution in [1.82, 2.24) is 9.80 Å². The highest BCUT2D eigenvalue weighted by Gasteiger charge is 2.31. The number of nitrogens with one attached hydrogen (secondary N) is 1. The number of halogens is 5. The Hall–Kier alpha value is -3.27. The average molecular weight is 634 g/mol. The molecule has 0 radical (unpaired) electrons. The van der Waals surface area contributed by atoms with E-state index in [9.17, 15) is 22.8 Å². The van der Waals surface area contributed by atoms with Crippen LogP contribution >= 0.6 is 23.2 Å². The third-order valence-electron chi connectivity index (χ3n) is 8.14. The molecule has 1 N–H and O–H groups in total. The van der Waals surface area contributed by atoms with Crippen molar-refractivity contribution in [2.75, 3.05) is 56.0 Å². The first-order valence-electron chi connectivity index (χ1n) is 14.3. The molecule has 2 amide bonds. The van der Waals surface area contributed by atoms with Gasteiger partial charge in [-0.1, -0.05) is 59.6 Å². The van der Waals surface area contributed by atoms with Crippen LogP contribution in [0.2, 0.25) is 10.0 Å². The Morgan fingerprint density at radius 2 is 1.47 bits per heavy atom. The fourth-order valence-electron chi connectivity index (χ4n) is 5.70. The van der Waals surface area contributed by atoms with Crippen LogP contribution in [0.5, 0.6) is 0 Å². The number of alkyl halides is 3. The third-order valence-corrected chi connectivity index (χ3v) is 8.77. The lowest BCUT2D eigenvalue weighted by Gasteiger charge is -2.36. The number of urea groups is 1. The minimum atomic E-state index is -4.37. The van der Waals surface area contributed by atoms with Crippen molar-refractivity contribution >= 4 is 46.4 Å². The first-order valence-corrected chi connectivity index (χ1v) is 15.1. The Kier molecular flexibility index (Phi) is 9.84. The molecule has 0 spiro atoms. The van der Waals surface area contributed by atoms with E-state index in [0.29, 0.717) is 79.6 Å². The van der Waals surface area contributed by atoms with Crippen LogP contribution in [0.4, 0.5) is 29.3 Å². The predicted molar refractivity (Wildman–Crippen MR) is 164 cm³/mol. The van der Waals surface area contributed by atoms with E-state index < -0.39 is 11.7 Å². The summed E-state index contributed by atoms with van der Waals surface area (Å²) in [6, 6.07) is 18.4. The number of hydrogen-bond donors (Lipinski definition) is 1. The number of amides is 2. The fraction of sp³-hybridized carbons (Fsp3) is 0.375. The highest BCUT2D eigenvalue weighted by molar-refractivity contribution is 6.39. The number of carbonyl (C=O) groups excluding carboxylic acids is 2. The number of benzene rings is 3. The van der Waals surface area contributed by atoms with Gasteiger partial charge >= 0.3 is 12.2 Å². The second-order valence-electron chi connectivity index (χ2n) is 11.1. The molecule has 3 aromatic rings. The van der Waals surface area contributed by atoms with Gasteiger partial charge in [0.25, 0.3) is 0 Å². The normalized spacial score (nSPS) is 16.8. The van der Waals surface area contributed by atoms with Gasteiger partial charge in [-0.2, -0.15) is 13.2 Å². The SMILES string of the molecule is O=C(Cc1ccc(C2CCN(C(=O)Nc3c(Cl)cccc3Cl)CC2)cc1)CN1CCN(c2cccc(C(F)(F)F)c2)CC1. The molecular weight excluding hydrogens is 600 g/mol. The van der Waals surface area contributed by atoms with Crippen molar-refractivity contribution in [2.24, 2.45) is 0 Å². The molecule has 0 atom stereocenters. The third kappa shape index (κ3) is 8.02. The van der Waals surface area contributed by atoms with Crippen molar-refractivity contribution < 1.29 is 22.8 Å². The number of carbonyl (C=O) groups is 2. The summed E-state index contributed by atoms with van der Waals surface area (Å²) in [5.74, 6) is 0.434. The Bertz CT molecular complexity index is 1420. The Labute approximate surface area is 259 Å². The maximum Gasteiger partial charge on any atom is 0.416 e. The second-order valence-corrected chi connectivity index (χ2v) is 11.9. The maximum atomic E-state index is 13.1. The van der Waals surface area contributed by atoms with Gasteiger partial charge in [-0.15, -0.1) is 0 Å². The summed E-state index contributed by atoms with van der Waals surface area (Å²) < 4.78 is 39.2. The minimum absolute atomic E-state index is 0.109. The summed E-state index contributed by atoms with van der Waals surface area (Å²) in [6.45, 7) is 3.90. The second kappa shape index (κ2) is 13.6. The molecule has 2 aliphatic heterocycles.